The van der Waals surface area contributed by atoms with Crippen molar-refractivity contribution in [3.63, 3.8) is 0 Å². The van der Waals surface area contributed by atoms with E-state index in [4.69, 9.17) is 21.1 Å². The molecule has 1 fully saturated rings. The Bertz CT molecular complexity index is 1040. The topological polar surface area (TPSA) is 72.9 Å². The fourth-order valence-electron chi connectivity index (χ4n) is 2.69. The molecule has 0 aromatic heterocycles. The summed E-state index contributed by atoms with van der Waals surface area (Å²) in [7, 11) is 0. The van der Waals surface area contributed by atoms with E-state index in [1.807, 2.05) is 0 Å². The van der Waals surface area contributed by atoms with Crippen LogP contribution in [0.2, 0.25) is 5.02 Å². The maximum Gasteiger partial charge on any atom is 0.293 e. The zero-order valence-corrected chi connectivity index (χ0v) is 17.3. The van der Waals surface area contributed by atoms with Gasteiger partial charge in [-0.3, -0.25) is 19.3 Å². The number of ketones is 1. The van der Waals surface area contributed by atoms with E-state index in [1.54, 1.807) is 42.5 Å². The second-order valence-corrected chi connectivity index (χ2v) is 8.21. The van der Waals surface area contributed by atoms with Crippen LogP contribution in [-0.2, 0) is 4.79 Å². The van der Waals surface area contributed by atoms with Gasteiger partial charge in [-0.2, -0.15) is 0 Å². The van der Waals surface area contributed by atoms with E-state index in [-0.39, 0.29) is 24.0 Å². The average molecular weight is 481 g/mol. The number of nitrogens with zero attached hydrogens (tertiary/aromatic N) is 1. The minimum Gasteiger partial charge on any atom is -0.454 e. The minimum absolute atomic E-state index is 0.133. The normalized spacial score (nSPS) is 16.9. The summed E-state index contributed by atoms with van der Waals surface area (Å²) in [5.41, 5.74) is 1.05. The second kappa shape index (κ2) is 7.62. The van der Waals surface area contributed by atoms with Crippen molar-refractivity contribution < 1.29 is 23.9 Å². The molecule has 28 heavy (non-hydrogen) atoms. The highest BCUT2D eigenvalue weighted by molar-refractivity contribution is 9.10. The molecule has 2 heterocycles. The van der Waals surface area contributed by atoms with E-state index in [0.717, 1.165) is 16.7 Å². The highest BCUT2D eigenvalue weighted by Crippen LogP contribution is 2.39. The lowest BCUT2D eigenvalue weighted by atomic mass is 10.1. The highest BCUT2D eigenvalue weighted by Gasteiger charge is 2.36. The number of carbonyl (C=O) groups excluding carboxylic acids is 3. The van der Waals surface area contributed by atoms with Crippen LogP contribution >= 0.6 is 39.3 Å². The number of benzene rings is 2. The molecule has 0 aliphatic carbocycles. The Labute approximate surface area is 177 Å². The number of hydrogen-bond donors (Lipinski definition) is 0. The smallest absolute Gasteiger partial charge is 0.293 e. The number of Topliss-reactive ketones (excluding diaryl/α,β-unsaturated/α-hetero) is 1. The third-order valence-corrected chi connectivity index (χ3v) is 5.97. The van der Waals surface area contributed by atoms with Gasteiger partial charge < -0.3 is 9.47 Å². The Morgan fingerprint density at radius 2 is 1.86 bits per heavy atom. The summed E-state index contributed by atoms with van der Waals surface area (Å²) in [4.78, 5) is 38.5. The van der Waals surface area contributed by atoms with E-state index in [1.165, 1.54) is 0 Å². The summed E-state index contributed by atoms with van der Waals surface area (Å²) in [5.74, 6) is 0.309. The Morgan fingerprint density at radius 1 is 1.18 bits per heavy atom. The molecule has 2 aromatic rings. The van der Waals surface area contributed by atoms with Crippen LogP contribution in [0, 0.1) is 0 Å². The SMILES string of the molecule is O=C(CN1C(=O)S/C(=C\c2cc3c(cc2Br)OCO3)C1=O)c1ccc(Cl)cc1. The molecule has 0 bridgehead atoms. The van der Waals surface area contributed by atoms with Crippen molar-refractivity contribution in [1.82, 2.24) is 4.90 Å². The largest absolute Gasteiger partial charge is 0.454 e. The van der Waals surface area contributed by atoms with Crippen LogP contribution in [0.1, 0.15) is 15.9 Å². The predicted octanol–water partition coefficient (Wildman–Crippen LogP) is 4.75. The van der Waals surface area contributed by atoms with Crippen molar-refractivity contribution in [2.45, 2.75) is 0 Å². The second-order valence-electron chi connectivity index (χ2n) is 5.92. The van der Waals surface area contributed by atoms with Crippen molar-refractivity contribution in [2.24, 2.45) is 0 Å². The molecular weight excluding hydrogens is 470 g/mol. The zero-order chi connectivity index (χ0) is 19.8. The first-order valence-electron chi connectivity index (χ1n) is 8.05. The first-order valence-corrected chi connectivity index (χ1v) is 10.0. The van der Waals surface area contributed by atoms with E-state index >= 15 is 0 Å². The summed E-state index contributed by atoms with van der Waals surface area (Å²) in [6, 6.07) is 9.74. The van der Waals surface area contributed by atoms with Gasteiger partial charge in [0.15, 0.2) is 17.3 Å². The highest BCUT2D eigenvalue weighted by atomic mass is 79.9. The molecule has 6 nitrogen and oxygen atoms in total. The summed E-state index contributed by atoms with van der Waals surface area (Å²) in [5, 5.41) is 0.00961. The fraction of sp³-hybridized carbons (Fsp3) is 0.105. The molecule has 0 unspecified atom stereocenters. The number of thioether (sulfide) groups is 1. The Kier molecular flexibility index (Phi) is 5.18. The van der Waals surface area contributed by atoms with Gasteiger partial charge in [0.25, 0.3) is 11.1 Å². The summed E-state index contributed by atoms with van der Waals surface area (Å²) in [6.07, 6.45) is 1.59. The zero-order valence-electron chi connectivity index (χ0n) is 14.1. The molecular formula is C19H11BrClNO5S. The standard InChI is InChI=1S/C19H11BrClNO5S/c20-13-7-16-15(26-9-27-16)5-11(13)6-17-18(24)22(19(25)28-17)8-14(23)10-1-3-12(21)4-2-10/h1-7H,8-9H2/b17-6-. The molecule has 0 atom stereocenters. The lowest BCUT2D eigenvalue weighted by Gasteiger charge is -2.11. The Balaban J connectivity index is 1.55. The number of rotatable bonds is 4. The Morgan fingerprint density at radius 3 is 2.57 bits per heavy atom. The van der Waals surface area contributed by atoms with E-state index in [2.05, 4.69) is 15.9 Å². The predicted molar refractivity (Wildman–Crippen MR) is 109 cm³/mol. The third-order valence-electron chi connectivity index (χ3n) is 4.12. The number of imide groups is 1. The van der Waals surface area contributed by atoms with Gasteiger partial charge in [0.2, 0.25) is 6.79 Å². The number of hydrogen-bond acceptors (Lipinski definition) is 6. The van der Waals surface area contributed by atoms with E-state index < -0.39 is 11.1 Å². The number of amides is 2. The molecule has 0 saturated carbocycles. The van der Waals surface area contributed by atoms with Gasteiger partial charge in [0, 0.05) is 15.1 Å². The first-order chi connectivity index (χ1) is 13.4. The van der Waals surface area contributed by atoms with Crippen LogP contribution in [0.15, 0.2) is 45.8 Å². The van der Waals surface area contributed by atoms with Gasteiger partial charge in [-0.1, -0.05) is 27.5 Å². The molecule has 9 heteroatoms. The van der Waals surface area contributed by atoms with Gasteiger partial charge in [-0.15, -0.1) is 0 Å². The van der Waals surface area contributed by atoms with Crippen LogP contribution in [0.3, 0.4) is 0 Å². The van der Waals surface area contributed by atoms with E-state index in [0.29, 0.717) is 32.1 Å². The van der Waals surface area contributed by atoms with Crippen molar-refractivity contribution in [3.8, 4) is 11.5 Å². The Hall–Kier alpha value is -2.29. The van der Waals surface area contributed by atoms with Gasteiger partial charge in [0.1, 0.15) is 0 Å². The summed E-state index contributed by atoms with van der Waals surface area (Å²) in [6.45, 7) is -0.194. The molecule has 2 aliphatic rings. The molecule has 0 radical (unpaired) electrons. The maximum absolute atomic E-state index is 12.7. The third kappa shape index (κ3) is 3.67. The van der Waals surface area contributed by atoms with Crippen molar-refractivity contribution in [1.29, 1.82) is 0 Å². The van der Waals surface area contributed by atoms with E-state index in [9.17, 15) is 14.4 Å². The van der Waals surface area contributed by atoms with Crippen LogP contribution in [-0.4, -0.2) is 35.2 Å². The molecule has 2 amide bonds. The monoisotopic (exact) mass is 479 g/mol. The number of halogens is 2. The van der Waals surface area contributed by atoms with Gasteiger partial charge in [-0.05, 0) is 59.8 Å². The summed E-state index contributed by atoms with van der Waals surface area (Å²) < 4.78 is 11.3. The quantitative estimate of drug-likeness (QED) is 0.464. The van der Waals surface area contributed by atoms with Crippen LogP contribution in [0.4, 0.5) is 4.79 Å². The molecule has 0 N–H and O–H groups in total. The maximum atomic E-state index is 12.7. The molecule has 1 saturated heterocycles. The molecule has 2 aliphatic heterocycles. The molecule has 0 spiro atoms. The van der Waals surface area contributed by atoms with Crippen molar-refractivity contribution in [3.05, 3.63) is 61.9 Å². The molecule has 4 rings (SSSR count). The van der Waals surface area contributed by atoms with Gasteiger partial charge >= 0.3 is 0 Å². The number of fused-ring (bicyclic) bond motifs is 1. The number of carbonyl (C=O) groups is 3. The fourth-order valence-corrected chi connectivity index (χ4v) is 4.08. The van der Waals surface area contributed by atoms with Gasteiger partial charge in [-0.25, -0.2) is 0 Å². The summed E-state index contributed by atoms with van der Waals surface area (Å²) >= 11 is 10.0. The van der Waals surface area contributed by atoms with Crippen LogP contribution in [0.25, 0.3) is 6.08 Å². The number of ether oxygens (including phenoxy) is 2. The minimum atomic E-state index is -0.512. The van der Waals surface area contributed by atoms with Crippen molar-refractivity contribution >= 4 is 62.3 Å². The van der Waals surface area contributed by atoms with Crippen molar-refractivity contribution in [2.75, 3.05) is 13.3 Å². The lowest BCUT2D eigenvalue weighted by molar-refractivity contribution is -0.122. The molecule has 142 valence electrons. The first kappa shape index (κ1) is 19.0. The average Bonchev–Trinajstić information content (AvgIpc) is 3.22. The lowest BCUT2D eigenvalue weighted by Crippen LogP contribution is -2.33. The van der Waals surface area contributed by atoms with Gasteiger partial charge in [0.05, 0.1) is 11.4 Å². The van der Waals surface area contributed by atoms with Crippen LogP contribution < -0.4 is 9.47 Å². The van der Waals surface area contributed by atoms with Crippen LogP contribution in [0.5, 0.6) is 11.5 Å². The molecule has 2 aromatic carbocycles.